The van der Waals surface area contributed by atoms with E-state index in [4.69, 9.17) is 39.9 Å². The van der Waals surface area contributed by atoms with Crippen LogP contribution < -0.4 is 9.97 Å². The molecule has 1 radical (unpaired) electrons. The molecule has 0 saturated heterocycles. The number of nitrogens with zero attached hydrogens (tertiary/aromatic N) is 8. The fourth-order valence-electron chi connectivity index (χ4n) is 5.71. The van der Waals surface area contributed by atoms with Gasteiger partial charge in [0.2, 0.25) is 0 Å². The van der Waals surface area contributed by atoms with Crippen LogP contribution in [0.5, 0.6) is 0 Å². The van der Waals surface area contributed by atoms with E-state index in [1.807, 2.05) is 72.8 Å². The van der Waals surface area contributed by atoms with Gasteiger partial charge in [-0.25, -0.2) is 9.97 Å². The number of aromatic nitrogens is 8. The first-order valence-electron chi connectivity index (χ1n) is 13.2. The van der Waals surface area contributed by atoms with Crippen LogP contribution in [0.15, 0.2) is 78.9 Å². The van der Waals surface area contributed by atoms with Crippen molar-refractivity contribution in [3.8, 4) is 45.6 Å². The maximum atomic E-state index is 5.00. The minimum Gasteiger partial charge on any atom is -0.357 e. The van der Waals surface area contributed by atoms with Crippen molar-refractivity contribution < 1.29 is 17.1 Å². The van der Waals surface area contributed by atoms with Gasteiger partial charge in [0.15, 0.2) is 0 Å². The van der Waals surface area contributed by atoms with Gasteiger partial charge < -0.3 is 29.9 Å². The first kappa shape index (κ1) is 23.9. The van der Waals surface area contributed by atoms with Crippen molar-refractivity contribution in [3.63, 3.8) is 0 Å². The third-order valence-corrected chi connectivity index (χ3v) is 7.60. The van der Waals surface area contributed by atoms with Crippen molar-refractivity contribution in [2.45, 2.75) is 12.8 Å². The van der Waals surface area contributed by atoms with Gasteiger partial charge in [-0.05, 0) is 34.7 Å². The average molecular weight is 578 g/mol. The molecular weight excluding hydrogens is 560 g/mol. The van der Waals surface area contributed by atoms with E-state index in [-0.39, 0.29) is 17.1 Å². The standard InChI is InChI=1S/C32H18N8.Cu/c1-2-10-18-17(9-1)25-33-26(18)38-28-21-13-5-6-14-22(21)30(35-28)40-32-24-16-8-7-15-23(24)31(36-32)39-29-20-12-4-3-11-19(20)27(34-29)37-25;/h1-7,9-15H,8,16H2;/q-2;+2. The van der Waals surface area contributed by atoms with Crippen LogP contribution in [0.1, 0.15) is 17.5 Å². The van der Waals surface area contributed by atoms with Gasteiger partial charge in [0.05, 0.1) is 23.3 Å². The van der Waals surface area contributed by atoms with Gasteiger partial charge in [0.1, 0.15) is 0 Å². The molecule has 9 rings (SSSR count). The molecule has 41 heavy (non-hydrogen) atoms. The van der Waals surface area contributed by atoms with Crippen molar-refractivity contribution >= 4 is 39.4 Å². The zero-order valence-corrected chi connectivity index (χ0v) is 22.3. The maximum absolute atomic E-state index is 5.00. The van der Waals surface area contributed by atoms with E-state index in [9.17, 15) is 0 Å². The van der Waals surface area contributed by atoms with Gasteiger partial charge in [-0.1, -0.05) is 84.9 Å². The second-order valence-corrected chi connectivity index (χ2v) is 9.95. The topological polar surface area (TPSA) is 106 Å². The van der Waals surface area contributed by atoms with E-state index in [1.165, 1.54) is 0 Å². The molecule has 5 heterocycles. The number of hydrogen-bond donors (Lipinski definition) is 0. The second-order valence-electron chi connectivity index (χ2n) is 9.95. The Morgan fingerprint density at radius 3 is 1.46 bits per heavy atom. The van der Waals surface area contributed by atoms with Gasteiger partial charge >= 0.3 is 17.1 Å². The van der Waals surface area contributed by atoms with Crippen LogP contribution in [0, 0.1) is 0 Å². The molecule has 0 amide bonds. The fraction of sp³-hybridized carbons (Fsp3) is 0.0625. The van der Waals surface area contributed by atoms with Crippen LogP contribution in [0.4, 0.5) is 0 Å². The fourth-order valence-corrected chi connectivity index (χ4v) is 5.71. The Labute approximate surface area is 244 Å². The Morgan fingerprint density at radius 2 is 0.927 bits per heavy atom. The second kappa shape index (κ2) is 9.02. The van der Waals surface area contributed by atoms with E-state index < -0.39 is 0 Å². The summed E-state index contributed by atoms with van der Waals surface area (Å²) in [6, 6.07) is 24.0. The molecule has 8 nitrogen and oxygen atoms in total. The van der Waals surface area contributed by atoms with Crippen LogP contribution in [-0.2, 0) is 23.5 Å². The van der Waals surface area contributed by atoms with Gasteiger partial charge in [-0.2, -0.15) is 0 Å². The molecular formula is C32H18CuN8. The minimum atomic E-state index is 0. The van der Waals surface area contributed by atoms with Crippen molar-refractivity contribution in [2.75, 3.05) is 0 Å². The molecule has 0 atom stereocenters. The summed E-state index contributed by atoms with van der Waals surface area (Å²) in [5, 5.41) is 1.80. The first-order chi connectivity index (χ1) is 19.8. The summed E-state index contributed by atoms with van der Waals surface area (Å²) in [6.45, 7) is 0. The smallest absolute Gasteiger partial charge is 0.357 e. The molecule has 0 unspecified atom stereocenters. The Morgan fingerprint density at radius 1 is 0.488 bits per heavy atom. The molecule has 1 aliphatic carbocycles. The normalized spacial score (nSPS) is 12.9. The molecule has 0 saturated carbocycles. The van der Waals surface area contributed by atoms with Crippen LogP contribution in [0.2, 0.25) is 0 Å². The molecule has 8 bridgehead atoms. The predicted molar refractivity (Wildman–Crippen MR) is 154 cm³/mol. The predicted octanol–water partition coefficient (Wildman–Crippen LogP) is 5.93. The monoisotopic (exact) mass is 577 g/mol. The average Bonchev–Trinajstić information content (AvgIpc) is 3.73. The van der Waals surface area contributed by atoms with Gasteiger partial charge in [-0.3, -0.25) is 0 Å². The third-order valence-electron chi connectivity index (χ3n) is 7.60. The van der Waals surface area contributed by atoms with Crippen molar-refractivity contribution in [1.82, 2.24) is 39.9 Å². The molecule has 197 valence electrons. The van der Waals surface area contributed by atoms with Gasteiger partial charge in [-0.15, -0.1) is 0 Å². The van der Waals surface area contributed by atoms with Crippen LogP contribution >= 0.6 is 0 Å². The van der Waals surface area contributed by atoms with E-state index in [1.54, 1.807) is 0 Å². The van der Waals surface area contributed by atoms with E-state index in [0.717, 1.165) is 57.0 Å². The Balaban J connectivity index is 0.00000256. The summed E-state index contributed by atoms with van der Waals surface area (Å²) >= 11 is 0. The molecule has 9 heteroatoms. The zero-order chi connectivity index (χ0) is 26.2. The van der Waals surface area contributed by atoms with E-state index in [0.29, 0.717) is 45.9 Å². The number of benzene rings is 3. The molecule has 0 spiro atoms. The molecule has 0 fully saturated rings. The van der Waals surface area contributed by atoms with Crippen molar-refractivity contribution in [2.24, 2.45) is 0 Å². The first-order valence-corrected chi connectivity index (χ1v) is 13.2. The summed E-state index contributed by atoms with van der Waals surface area (Å²) in [5.74, 6) is 2.30. The molecule has 6 aromatic rings. The number of aryl methyl sites for hydroxylation is 1. The SMILES string of the molecule is C1=Cc2c(c3nc4nc(nc5[n-]c(nc6nc(nc2[n-]3)-c2ccccc2-6)c2ccccc52)-c2ccccc2-4)CC1.[Cu+2]. The van der Waals surface area contributed by atoms with Crippen LogP contribution in [0.3, 0.4) is 0 Å². The van der Waals surface area contributed by atoms with Gasteiger partial charge in [0.25, 0.3) is 0 Å². The molecule has 3 aromatic heterocycles. The summed E-state index contributed by atoms with van der Waals surface area (Å²) in [5.41, 5.74) is 8.07. The minimum absolute atomic E-state index is 0. The van der Waals surface area contributed by atoms with Crippen molar-refractivity contribution in [3.05, 3.63) is 90.0 Å². The van der Waals surface area contributed by atoms with Crippen LogP contribution in [0.25, 0.3) is 85.0 Å². The Hall–Kier alpha value is -4.98. The Kier molecular flexibility index (Phi) is 5.25. The van der Waals surface area contributed by atoms with Crippen molar-refractivity contribution in [1.29, 1.82) is 0 Å². The summed E-state index contributed by atoms with van der Waals surface area (Å²) in [4.78, 5) is 39.5. The van der Waals surface area contributed by atoms with E-state index >= 15 is 0 Å². The number of fused-ring (bicyclic) bond motifs is 20. The molecule has 0 N–H and O–H groups in total. The summed E-state index contributed by atoms with van der Waals surface area (Å²) in [6.07, 6.45) is 6.01. The number of allylic oxidation sites excluding steroid dienone is 1. The molecule has 2 aliphatic heterocycles. The Bertz CT molecular complexity index is 2240. The molecule has 3 aliphatic rings. The van der Waals surface area contributed by atoms with Crippen LogP contribution in [-0.4, -0.2) is 29.9 Å². The summed E-state index contributed by atoms with van der Waals surface area (Å²) in [7, 11) is 0. The quantitative estimate of drug-likeness (QED) is 0.204. The maximum Gasteiger partial charge on any atom is 2.00 e. The third kappa shape index (κ3) is 3.60. The van der Waals surface area contributed by atoms with Gasteiger partial charge in [0, 0.05) is 44.8 Å². The number of rotatable bonds is 0. The van der Waals surface area contributed by atoms with E-state index in [2.05, 4.69) is 12.2 Å². The summed E-state index contributed by atoms with van der Waals surface area (Å²) < 4.78 is 0. The number of hydrogen-bond acceptors (Lipinski definition) is 6. The molecule has 3 aromatic carbocycles. The largest absolute Gasteiger partial charge is 2.00 e. The zero-order valence-electron chi connectivity index (χ0n) is 21.4.